The summed E-state index contributed by atoms with van der Waals surface area (Å²) < 4.78 is 5.46. The van der Waals surface area contributed by atoms with Gasteiger partial charge in [-0.25, -0.2) is 0 Å². The SMILES string of the molecule is CCNC(=NCCNC(=O)c1ccccc1Cl)N1CCC(N2CCOCC2)C1.I. The summed E-state index contributed by atoms with van der Waals surface area (Å²) in [5.74, 6) is 0.754. The molecule has 1 aromatic rings. The Morgan fingerprint density at radius 3 is 2.72 bits per heavy atom. The van der Waals surface area contributed by atoms with Crippen LogP contribution in [0.15, 0.2) is 29.3 Å². The van der Waals surface area contributed by atoms with Crippen LogP contribution in [0.3, 0.4) is 0 Å². The number of hydrogen-bond acceptors (Lipinski definition) is 4. The number of morpholine rings is 1. The molecule has 2 aliphatic rings. The molecule has 2 saturated heterocycles. The molecule has 2 heterocycles. The van der Waals surface area contributed by atoms with Gasteiger partial charge in [0.05, 0.1) is 30.3 Å². The van der Waals surface area contributed by atoms with Gasteiger partial charge in [0.1, 0.15) is 0 Å². The highest BCUT2D eigenvalue weighted by atomic mass is 127. The van der Waals surface area contributed by atoms with Crippen LogP contribution in [-0.2, 0) is 4.74 Å². The lowest BCUT2D eigenvalue weighted by atomic mass is 10.2. The number of hydrogen-bond donors (Lipinski definition) is 2. The summed E-state index contributed by atoms with van der Waals surface area (Å²) in [5, 5.41) is 6.73. The molecular formula is C20H31ClIN5O2. The quantitative estimate of drug-likeness (QED) is 0.253. The van der Waals surface area contributed by atoms with Gasteiger partial charge in [-0.05, 0) is 25.5 Å². The second-order valence-corrected chi connectivity index (χ2v) is 7.42. The van der Waals surface area contributed by atoms with Crippen molar-refractivity contribution in [3.8, 4) is 0 Å². The molecule has 29 heavy (non-hydrogen) atoms. The van der Waals surface area contributed by atoms with E-state index in [1.54, 1.807) is 18.2 Å². The molecule has 0 spiro atoms. The Hall–Kier alpha value is -1.10. The van der Waals surface area contributed by atoms with Gasteiger partial charge in [-0.1, -0.05) is 23.7 Å². The summed E-state index contributed by atoms with van der Waals surface area (Å²) in [6, 6.07) is 7.62. The first-order chi connectivity index (χ1) is 13.7. The Balaban J connectivity index is 0.00000300. The van der Waals surface area contributed by atoms with Crippen molar-refractivity contribution in [3.05, 3.63) is 34.9 Å². The third-order valence-electron chi connectivity index (χ3n) is 5.14. The average molecular weight is 536 g/mol. The smallest absolute Gasteiger partial charge is 0.252 e. The van der Waals surface area contributed by atoms with E-state index >= 15 is 0 Å². The van der Waals surface area contributed by atoms with Crippen LogP contribution in [0, 0.1) is 0 Å². The topological polar surface area (TPSA) is 69.2 Å². The third-order valence-corrected chi connectivity index (χ3v) is 5.47. The van der Waals surface area contributed by atoms with E-state index in [2.05, 4.69) is 27.4 Å². The Labute approximate surface area is 195 Å². The van der Waals surface area contributed by atoms with Gasteiger partial charge < -0.3 is 20.3 Å². The largest absolute Gasteiger partial charge is 0.379 e. The Morgan fingerprint density at radius 1 is 1.24 bits per heavy atom. The highest BCUT2D eigenvalue weighted by molar-refractivity contribution is 14.0. The van der Waals surface area contributed by atoms with Crippen molar-refractivity contribution in [2.24, 2.45) is 4.99 Å². The van der Waals surface area contributed by atoms with E-state index in [9.17, 15) is 4.79 Å². The minimum absolute atomic E-state index is 0. The second kappa shape index (κ2) is 12.6. The highest BCUT2D eigenvalue weighted by Gasteiger charge is 2.30. The van der Waals surface area contributed by atoms with Crippen molar-refractivity contribution in [2.75, 3.05) is 59.0 Å². The van der Waals surface area contributed by atoms with Crippen LogP contribution in [0.5, 0.6) is 0 Å². The number of benzene rings is 1. The zero-order chi connectivity index (χ0) is 19.8. The van der Waals surface area contributed by atoms with Crippen molar-refractivity contribution in [1.29, 1.82) is 0 Å². The normalized spacial score (nSPS) is 20.3. The molecule has 2 fully saturated rings. The summed E-state index contributed by atoms with van der Waals surface area (Å²) in [7, 11) is 0. The first kappa shape index (κ1) is 24.2. The van der Waals surface area contributed by atoms with Gasteiger partial charge in [-0.2, -0.15) is 0 Å². The lowest BCUT2D eigenvalue weighted by molar-refractivity contribution is 0.0195. The van der Waals surface area contributed by atoms with E-state index in [4.69, 9.17) is 21.3 Å². The number of carbonyl (C=O) groups excluding carboxylic acids is 1. The van der Waals surface area contributed by atoms with Crippen LogP contribution in [0.4, 0.5) is 0 Å². The predicted molar refractivity (Wildman–Crippen MR) is 128 cm³/mol. The number of amides is 1. The predicted octanol–water partition coefficient (Wildman–Crippen LogP) is 2.06. The lowest BCUT2D eigenvalue weighted by Gasteiger charge is -2.32. The highest BCUT2D eigenvalue weighted by Crippen LogP contribution is 2.17. The minimum Gasteiger partial charge on any atom is -0.379 e. The maximum absolute atomic E-state index is 12.2. The average Bonchev–Trinajstić information content (AvgIpc) is 3.21. The monoisotopic (exact) mass is 535 g/mol. The second-order valence-electron chi connectivity index (χ2n) is 7.01. The van der Waals surface area contributed by atoms with Gasteiger partial charge in [0.25, 0.3) is 5.91 Å². The number of nitrogens with zero attached hydrogens (tertiary/aromatic N) is 3. The molecule has 0 saturated carbocycles. The van der Waals surface area contributed by atoms with Crippen LogP contribution in [0.1, 0.15) is 23.7 Å². The fraction of sp³-hybridized carbons (Fsp3) is 0.600. The van der Waals surface area contributed by atoms with Crippen molar-refractivity contribution >= 4 is 47.4 Å². The number of rotatable bonds is 6. The first-order valence-electron chi connectivity index (χ1n) is 10.1. The Morgan fingerprint density at radius 2 is 2.00 bits per heavy atom. The molecular weight excluding hydrogens is 505 g/mol. The Kier molecular flexibility index (Phi) is 10.5. The van der Waals surface area contributed by atoms with Crippen LogP contribution < -0.4 is 10.6 Å². The number of aliphatic imine (C=N–C) groups is 1. The van der Waals surface area contributed by atoms with Crippen LogP contribution >= 0.6 is 35.6 Å². The van der Waals surface area contributed by atoms with E-state index in [1.165, 1.54) is 0 Å². The molecule has 2 N–H and O–H groups in total. The molecule has 0 aliphatic carbocycles. The molecule has 1 atom stereocenters. The van der Waals surface area contributed by atoms with Gasteiger partial charge >= 0.3 is 0 Å². The van der Waals surface area contributed by atoms with Gasteiger partial charge in [-0.15, -0.1) is 24.0 Å². The fourth-order valence-corrected chi connectivity index (χ4v) is 3.89. The van der Waals surface area contributed by atoms with E-state index in [0.29, 0.717) is 29.7 Å². The zero-order valence-corrected chi connectivity index (χ0v) is 20.0. The van der Waals surface area contributed by atoms with Gasteiger partial charge in [0.2, 0.25) is 0 Å². The van der Waals surface area contributed by atoms with Gasteiger partial charge in [-0.3, -0.25) is 14.7 Å². The van der Waals surface area contributed by atoms with Crippen LogP contribution in [0.25, 0.3) is 0 Å². The first-order valence-corrected chi connectivity index (χ1v) is 10.4. The Bertz CT molecular complexity index is 685. The summed E-state index contributed by atoms with van der Waals surface area (Å²) in [4.78, 5) is 21.8. The van der Waals surface area contributed by atoms with Gasteiger partial charge in [0.15, 0.2) is 5.96 Å². The molecule has 9 heteroatoms. The number of likely N-dealkylation sites (tertiary alicyclic amines) is 1. The van der Waals surface area contributed by atoms with E-state index in [-0.39, 0.29) is 29.9 Å². The molecule has 1 unspecified atom stereocenters. The van der Waals surface area contributed by atoms with Crippen molar-refractivity contribution in [1.82, 2.24) is 20.4 Å². The number of guanidine groups is 1. The summed E-state index contributed by atoms with van der Waals surface area (Å²) in [5.41, 5.74) is 0.493. The maximum atomic E-state index is 12.2. The van der Waals surface area contributed by atoms with Crippen molar-refractivity contribution < 1.29 is 9.53 Å². The third kappa shape index (κ3) is 6.97. The van der Waals surface area contributed by atoms with E-state index in [1.807, 2.05) is 6.07 Å². The standard InChI is InChI=1S/C20H30ClN5O2.HI/c1-2-22-20(26-10-7-16(15-26)25-11-13-28-14-12-25)24-9-8-23-19(27)17-5-3-4-6-18(17)21;/h3-6,16H,2,7-15H2,1H3,(H,22,24)(H,23,27);1H. The number of carbonyl (C=O) groups is 1. The zero-order valence-electron chi connectivity index (χ0n) is 16.9. The van der Waals surface area contributed by atoms with Crippen LogP contribution in [0.2, 0.25) is 5.02 Å². The molecule has 1 aromatic carbocycles. The summed E-state index contributed by atoms with van der Waals surface area (Å²) in [6.45, 7) is 9.56. The molecule has 0 bridgehead atoms. The van der Waals surface area contributed by atoms with E-state index < -0.39 is 0 Å². The number of halogens is 2. The molecule has 2 aliphatic heterocycles. The van der Waals surface area contributed by atoms with Crippen molar-refractivity contribution in [2.45, 2.75) is 19.4 Å². The summed E-state index contributed by atoms with van der Waals surface area (Å²) in [6.07, 6.45) is 1.15. The minimum atomic E-state index is -0.167. The maximum Gasteiger partial charge on any atom is 0.252 e. The molecule has 162 valence electrons. The van der Waals surface area contributed by atoms with E-state index in [0.717, 1.165) is 58.3 Å². The lowest BCUT2D eigenvalue weighted by Crippen LogP contribution is -2.46. The fourth-order valence-electron chi connectivity index (χ4n) is 3.67. The van der Waals surface area contributed by atoms with Crippen molar-refractivity contribution in [3.63, 3.8) is 0 Å². The number of nitrogens with one attached hydrogen (secondary N) is 2. The number of ether oxygens (including phenoxy) is 1. The van der Waals surface area contributed by atoms with Crippen LogP contribution in [-0.4, -0.2) is 86.7 Å². The van der Waals surface area contributed by atoms with Gasteiger partial charge in [0, 0.05) is 45.3 Å². The molecule has 0 aromatic heterocycles. The molecule has 7 nitrogen and oxygen atoms in total. The molecule has 0 radical (unpaired) electrons. The molecule has 3 rings (SSSR count). The molecule has 1 amide bonds. The summed E-state index contributed by atoms with van der Waals surface area (Å²) >= 11 is 6.07.